The Morgan fingerprint density at radius 2 is 2.20 bits per heavy atom. The van der Waals surface area contributed by atoms with E-state index >= 15 is 0 Å². The summed E-state index contributed by atoms with van der Waals surface area (Å²) in [5, 5.41) is 0. The van der Waals surface area contributed by atoms with Crippen LogP contribution < -0.4 is 10.5 Å². The van der Waals surface area contributed by atoms with E-state index in [2.05, 4.69) is 0 Å². The van der Waals surface area contributed by atoms with Crippen molar-refractivity contribution in [2.75, 3.05) is 13.7 Å². The van der Waals surface area contributed by atoms with Gasteiger partial charge in [0.1, 0.15) is 0 Å². The number of nitrogens with two attached hydrogens (primary N) is 1. The van der Waals surface area contributed by atoms with Crippen molar-refractivity contribution in [3.8, 4) is 5.75 Å². The molecule has 0 aromatic heterocycles. The lowest BCUT2D eigenvalue weighted by atomic mass is 10.0. The average molecular weight is 211 g/mol. The lowest BCUT2D eigenvalue weighted by Crippen LogP contribution is -2.09. The molecule has 0 amide bonds. The number of ether oxygens (including phenoxy) is 1. The van der Waals surface area contributed by atoms with Crippen LogP contribution in [0.5, 0.6) is 5.75 Å². The molecule has 1 aromatic rings. The van der Waals surface area contributed by atoms with Gasteiger partial charge in [0, 0.05) is 12.0 Å². The molecule has 0 heterocycles. The third kappa shape index (κ3) is 2.53. The number of carbonyl (C=O) groups excluding carboxylic acids is 1. The van der Waals surface area contributed by atoms with Crippen LogP contribution in [0.4, 0.5) is 4.39 Å². The van der Waals surface area contributed by atoms with Crippen LogP contribution in [0.25, 0.3) is 0 Å². The second-order valence-electron chi connectivity index (χ2n) is 3.27. The third-order valence-corrected chi connectivity index (χ3v) is 2.13. The largest absolute Gasteiger partial charge is 0.494 e. The molecule has 0 saturated carbocycles. The lowest BCUT2D eigenvalue weighted by molar-refractivity contribution is 0.0985. The Bertz CT molecular complexity index is 377. The normalized spacial score (nSPS) is 10.1. The molecular weight excluding hydrogens is 197 g/mol. The molecule has 0 unspecified atom stereocenters. The highest BCUT2D eigenvalue weighted by molar-refractivity contribution is 5.96. The van der Waals surface area contributed by atoms with Gasteiger partial charge in [0.25, 0.3) is 0 Å². The zero-order chi connectivity index (χ0) is 11.4. The van der Waals surface area contributed by atoms with E-state index in [4.69, 9.17) is 10.5 Å². The highest BCUT2D eigenvalue weighted by Gasteiger charge is 2.12. The monoisotopic (exact) mass is 211 g/mol. The van der Waals surface area contributed by atoms with E-state index in [0.717, 1.165) is 0 Å². The topological polar surface area (TPSA) is 52.3 Å². The molecular formula is C11H14FNO2. The van der Waals surface area contributed by atoms with Crippen LogP contribution in [-0.2, 0) is 0 Å². The van der Waals surface area contributed by atoms with Gasteiger partial charge >= 0.3 is 0 Å². The summed E-state index contributed by atoms with van der Waals surface area (Å²) in [5.74, 6) is -0.434. The summed E-state index contributed by atoms with van der Waals surface area (Å²) in [7, 11) is 1.37. The number of Topliss-reactive ketones (excluding diaryl/α,β-unsaturated/α-hetero) is 1. The zero-order valence-corrected chi connectivity index (χ0v) is 8.84. The maximum atomic E-state index is 13.4. The van der Waals surface area contributed by atoms with Crippen LogP contribution in [0.3, 0.4) is 0 Å². The van der Waals surface area contributed by atoms with E-state index in [1.165, 1.54) is 19.2 Å². The summed E-state index contributed by atoms with van der Waals surface area (Å²) in [6.07, 6.45) is 0.258. The fraction of sp³-hybridized carbons (Fsp3) is 0.364. The molecule has 0 spiro atoms. The van der Waals surface area contributed by atoms with Gasteiger partial charge < -0.3 is 10.5 Å². The number of benzene rings is 1. The van der Waals surface area contributed by atoms with E-state index < -0.39 is 5.82 Å². The van der Waals surface area contributed by atoms with Gasteiger partial charge in [0.2, 0.25) is 0 Å². The first kappa shape index (κ1) is 11.7. The van der Waals surface area contributed by atoms with Gasteiger partial charge in [0.15, 0.2) is 17.3 Å². The number of hydrogen-bond acceptors (Lipinski definition) is 3. The molecule has 1 aromatic carbocycles. The van der Waals surface area contributed by atoms with Crippen LogP contribution >= 0.6 is 0 Å². The molecule has 1 rings (SSSR count). The van der Waals surface area contributed by atoms with Crippen molar-refractivity contribution in [2.24, 2.45) is 5.73 Å². The first-order chi connectivity index (χ1) is 7.10. The molecule has 3 nitrogen and oxygen atoms in total. The Labute approximate surface area is 88.0 Å². The van der Waals surface area contributed by atoms with E-state index in [0.29, 0.717) is 11.1 Å². The third-order valence-electron chi connectivity index (χ3n) is 2.13. The highest BCUT2D eigenvalue weighted by atomic mass is 19.1. The molecule has 0 bridgehead atoms. The van der Waals surface area contributed by atoms with Gasteiger partial charge in [0.05, 0.1) is 7.11 Å². The van der Waals surface area contributed by atoms with E-state index in [9.17, 15) is 9.18 Å². The molecule has 0 aliphatic heterocycles. The van der Waals surface area contributed by atoms with Crippen molar-refractivity contribution in [1.29, 1.82) is 0 Å². The van der Waals surface area contributed by atoms with Crippen LogP contribution in [0.2, 0.25) is 0 Å². The van der Waals surface area contributed by atoms with Crippen molar-refractivity contribution in [3.63, 3.8) is 0 Å². The predicted molar refractivity (Wildman–Crippen MR) is 55.7 cm³/mol. The minimum atomic E-state index is -0.429. The van der Waals surface area contributed by atoms with E-state index in [1.54, 1.807) is 6.92 Å². The number of methoxy groups -OCH3 is 1. The summed E-state index contributed by atoms with van der Waals surface area (Å²) in [5.41, 5.74) is 6.12. The summed E-state index contributed by atoms with van der Waals surface area (Å²) < 4.78 is 18.2. The standard InChI is InChI=1S/C11H14FNO2/c1-7-5-8(9(14)3-4-13)6-10(15-2)11(7)12/h5-6H,3-4,13H2,1-2H3. The van der Waals surface area contributed by atoms with Gasteiger partial charge in [-0.3, -0.25) is 4.79 Å². The fourth-order valence-corrected chi connectivity index (χ4v) is 1.32. The summed E-state index contributed by atoms with van der Waals surface area (Å²) >= 11 is 0. The van der Waals surface area contributed by atoms with Crippen LogP contribution in [-0.4, -0.2) is 19.4 Å². The maximum absolute atomic E-state index is 13.4. The van der Waals surface area contributed by atoms with Crippen molar-refractivity contribution < 1.29 is 13.9 Å². The van der Waals surface area contributed by atoms with Crippen molar-refractivity contribution >= 4 is 5.78 Å². The molecule has 2 N–H and O–H groups in total. The highest BCUT2D eigenvalue weighted by Crippen LogP contribution is 2.22. The Morgan fingerprint density at radius 1 is 1.53 bits per heavy atom. The minimum Gasteiger partial charge on any atom is -0.494 e. The Balaban J connectivity index is 3.10. The Hall–Kier alpha value is -1.42. The van der Waals surface area contributed by atoms with Crippen LogP contribution in [0.15, 0.2) is 12.1 Å². The maximum Gasteiger partial charge on any atom is 0.167 e. The van der Waals surface area contributed by atoms with Crippen LogP contribution in [0.1, 0.15) is 22.3 Å². The smallest absolute Gasteiger partial charge is 0.167 e. The Kier molecular flexibility index (Phi) is 3.80. The molecule has 0 aliphatic carbocycles. The van der Waals surface area contributed by atoms with Gasteiger partial charge in [-0.05, 0) is 31.2 Å². The first-order valence-electron chi connectivity index (χ1n) is 4.67. The quantitative estimate of drug-likeness (QED) is 0.771. The molecule has 0 radical (unpaired) electrons. The van der Waals surface area contributed by atoms with Gasteiger partial charge in [-0.1, -0.05) is 0 Å². The number of hydrogen-bond donors (Lipinski definition) is 1. The van der Waals surface area contributed by atoms with Gasteiger partial charge in [-0.25, -0.2) is 4.39 Å². The molecule has 0 fully saturated rings. The van der Waals surface area contributed by atoms with Crippen molar-refractivity contribution in [2.45, 2.75) is 13.3 Å². The fourth-order valence-electron chi connectivity index (χ4n) is 1.32. The predicted octanol–water partition coefficient (Wildman–Crippen LogP) is 1.67. The number of aryl methyl sites for hydroxylation is 1. The Morgan fingerprint density at radius 3 is 2.73 bits per heavy atom. The number of carbonyl (C=O) groups is 1. The lowest BCUT2D eigenvalue weighted by Gasteiger charge is -2.07. The van der Waals surface area contributed by atoms with Crippen molar-refractivity contribution in [1.82, 2.24) is 0 Å². The van der Waals surface area contributed by atoms with Crippen LogP contribution in [0, 0.1) is 12.7 Å². The summed E-state index contributed by atoms with van der Waals surface area (Å²) in [6, 6.07) is 2.91. The zero-order valence-electron chi connectivity index (χ0n) is 8.84. The average Bonchev–Trinajstić information content (AvgIpc) is 2.22. The second-order valence-corrected chi connectivity index (χ2v) is 3.27. The molecule has 82 valence electrons. The number of ketones is 1. The number of rotatable bonds is 4. The van der Waals surface area contributed by atoms with E-state index in [-0.39, 0.29) is 24.5 Å². The van der Waals surface area contributed by atoms with Crippen molar-refractivity contribution in [3.05, 3.63) is 29.1 Å². The molecule has 4 heteroatoms. The summed E-state index contributed by atoms with van der Waals surface area (Å²) in [6.45, 7) is 1.88. The first-order valence-corrected chi connectivity index (χ1v) is 4.67. The molecule has 0 aliphatic rings. The second kappa shape index (κ2) is 4.89. The number of halogens is 1. The molecule has 0 saturated heterocycles. The molecule has 0 atom stereocenters. The SMILES string of the molecule is COc1cc(C(=O)CCN)cc(C)c1F. The van der Waals surface area contributed by atoms with E-state index in [1.807, 2.05) is 0 Å². The summed E-state index contributed by atoms with van der Waals surface area (Å²) in [4.78, 5) is 11.5. The minimum absolute atomic E-state index is 0.0929. The van der Waals surface area contributed by atoms with Gasteiger partial charge in [-0.15, -0.1) is 0 Å². The molecule has 15 heavy (non-hydrogen) atoms. The van der Waals surface area contributed by atoms with Gasteiger partial charge in [-0.2, -0.15) is 0 Å².